The van der Waals surface area contributed by atoms with Crippen LogP contribution in [0.25, 0.3) is 0 Å². The molecule has 2 nitrogen and oxygen atoms in total. The van der Waals surface area contributed by atoms with Crippen LogP contribution in [-0.4, -0.2) is 4.98 Å². The molecule has 0 bridgehead atoms. The van der Waals surface area contributed by atoms with Gasteiger partial charge in [0.15, 0.2) is 0 Å². The van der Waals surface area contributed by atoms with E-state index in [0.29, 0.717) is 0 Å². The molecule has 0 fully saturated rings. The minimum absolute atomic E-state index is 0.194. The summed E-state index contributed by atoms with van der Waals surface area (Å²) in [7, 11) is 0. The standard InChI is InChI=1S/C17H16N2S/c1-2-4-15(5-3-1)17(16-6-9-18-10-7-16)19-12-14-8-11-20-13-14/h1-11,13,17,19H,12H2/t17-/m1/s1. The van der Waals surface area contributed by atoms with Gasteiger partial charge in [-0.2, -0.15) is 11.3 Å². The monoisotopic (exact) mass is 280 g/mol. The summed E-state index contributed by atoms with van der Waals surface area (Å²) >= 11 is 1.73. The number of hydrogen-bond donors (Lipinski definition) is 1. The minimum atomic E-state index is 0.194. The summed E-state index contributed by atoms with van der Waals surface area (Å²) in [6.07, 6.45) is 3.69. The second kappa shape index (κ2) is 6.46. The van der Waals surface area contributed by atoms with Gasteiger partial charge in [0.05, 0.1) is 6.04 Å². The molecule has 1 N–H and O–H groups in total. The zero-order valence-electron chi connectivity index (χ0n) is 11.1. The van der Waals surface area contributed by atoms with Crippen LogP contribution in [-0.2, 0) is 6.54 Å². The summed E-state index contributed by atoms with van der Waals surface area (Å²) in [6, 6.07) is 17.0. The number of hydrogen-bond acceptors (Lipinski definition) is 3. The molecule has 2 aromatic heterocycles. The van der Waals surface area contributed by atoms with Crippen LogP contribution in [0.15, 0.2) is 71.7 Å². The smallest absolute Gasteiger partial charge is 0.0580 e. The van der Waals surface area contributed by atoms with Crippen LogP contribution in [0.5, 0.6) is 0 Å². The van der Waals surface area contributed by atoms with Crippen LogP contribution < -0.4 is 5.32 Å². The highest BCUT2D eigenvalue weighted by Crippen LogP contribution is 2.22. The van der Waals surface area contributed by atoms with Gasteiger partial charge >= 0.3 is 0 Å². The van der Waals surface area contributed by atoms with Crippen molar-refractivity contribution in [1.29, 1.82) is 0 Å². The fourth-order valence-electron chi connectivity index (χ4n) is 2.24. The molecular formula is C17H16N2S. The topological polar surface area (TPSA) is 24.9 Å². The van der Waals surface area contributed by atoms with E-state index in [1.807, 2.05) is 18.5 Å². The van der Waals surface area contributed by atoms with Gasteiger partial charge in [-0.05, 0) is 45.6 Å². The Morgan fingerprint density at radius 2 is 1.70 bits per heavy atom. The zero-order valence-corrected chi connectivity index (χ0v) is 11.9. The highest BCUT2D eigenvalue weighted by Gasteiger charge is 2.13. The van der Waals surface area contributed by atoms with E-state index >= 15 is 0 Å². The lowest BCUT2D eigenvalue weighted by Crippen LogP contribution is -2.21. The molecule has 0 radical (unpaired) electrons. The lowest BCUT2D eigenvalue weighted by Gasteiger charge is -2.19. The average molecular weight is 280 g/mol. The van der Waals surface area contributed by atoms with Crippen molar-refractivity contribution in [3.63, 3.8) is 0 Å². The summed E-state index contributed by atoms with van der Waals surface area (Å²) in [5.41, 5.74) is 3.83. The Morgan fingerprint density at radius 3 is 2.40 bits per heavy atom. The van der Waals surface area contributed by atoms with E-state index in [1.54, 1.807) is 11.3 Å². The second-order valence-electron chi connectivity index (χ2n) is 4.64. The Bertz CT molecular complexity index is 581. The maximum Gasteiger partial charge on any atom is 0.0580 e. The van der Waals surface area contributed by atoms with Crippen LogP contribution in [0, 0.1) is 0 Å². The van der Waals surface area contributed by atoms with E-state index in [0.717, 1.165) is 6.54 Å². The average Bonchev–Trinajstić information content (AvgIpc) is 3.03. The predicted octanol–water partition coefficient (Wildman–Crippen LogP) is 4.02. The molecule has 0 aliphatic carbocycles. The van der Waals surface area contributed by atoms with Gasteiger partial charge in [-0.15, -0.1) is 0 Å². The van der Waals surface area contributed by atoms with E-state index in [4.69, 9.17) is 0 Å². The normalized spacial score (nSPS) is 12.2. The molecule has 100 valence electrons. The molecule has 3 aromatic rings. The SMILES string of the molecule is c1ccc([C@@H](NCc2ccsc2)c2ccncc2)cc1. The first-order chi connectivity index (χ1) is 9.93. The molecule has 3 rings (SSSR count). The molecule has 0 amide bonds. The summed E-state index contributed by atoms with van der Waals surface area (Å²) in [4.78, 5) is 4.11. The Morgan fingerprint density at radius 1 is 0.950 bits per heavy atom. The highest BCUT2D eigenvalue weighted by molar-refractivity contribution is 7.07. The first-order valence-corrected chi connectivity index (χ1v) is 7.57. The highest BCUT2D eigenvalue weighted by atomic mass is 32.1. The van der Waals surface area contributed by atoms with E-state index in [1.165, 1.54) is 16.7 Å². The number of aromatic nitrogens is 1. The zero-order chi connectivity index (χ0) is 13.6. The van der Waals surface area contributed by atoms with Gasteiger partial charge < -0.3 is 5.32 Å². The van der Waals surface area contributed by atoms with Crippen molar-refractivity contribution < 1.29 is 0 Å². The van der Waals surface area contributed by atoms with Crippen molar-refractivity contribution in [1.82, 2.24) is 10.3 Å². The Kier molecular flexibility index (Phi) is 4.21. The van der Waals surface area contributed by atoms with Crippen molar-refractivity contribution in [2.75, 3.05) is 0 Å². The summed E-state index contributed by atoms with van der Waals surface area (Å²) in [5, 5.41) is 7.93. The molecule has 20 heavy (non-hydrogen) atoms. The largest absolute Gasteiger partial charge is 0.302 e. The van der Waals surface area contributed by atoms with Gasteiger partial charge in [-0.1, -0.05) is 30.3 Å². The van der Waals surface area contributed by atoms with E-state index in [9.17, 15) is 0 Å². The van der Waals surface area contributed by atoms with Crippen LogP contribution in [0.2, 0.25) is 0 Å². The van der Waals surface area contributed by atoms with Gasteiger partial charge in [0.2, 0.25) is 0 Å². The molecule has 2 heterocycles. The van der Waals surface area contributed by atoms with Crippen molar-refractivity contribution in [3.05, 3.63) is 88.4 Å². The Hall–Kier alpha value is -1.97. The summed E-state index contributed by atoms with van der Waals surface area (Å²) in [5.74, 6) is 0. The number of pyridine rings is 1. The van der Waals surface area contributed by atoms with Gasteiger partial charge in [0, 0.05) is 18.9 Å². The molecule has 0 spiro atoms. The molecular weight excluding hydrogens is 264 g/mol. The van der Waals surface area contributed by atoms with Crippen LogP contribution in [0.1, 0.15) is 22.7 Å². The maximum absolute atomic E-state index is 4.11. The third kappa shape index (κ3) is 3.13. The summed E-state index contributed by atoms with van der Waals surface area (Å²) < 4.78 is 0. The summed E-state index contributed by atoms with van der Waals surface area (Å²) in [6.45, 7) is 0.866. The molecule has 0 aliphatic heterocycles. The number of thiophene rings is 1. The first-order valence-electron chi connectivity index (χ1n) is 6.63. The quantitative estimate of drug-likeness (QED) is 0.763. The fourth-order valence-corrected chi connectivity index (χ4v) is 2.91. The first kappa shape index (κ1) is 13.0. The number of nitrogens with zero attached hydrogens (tertiary/aromatic N) is 1. The maximum atomic E-state index is 4.11. The van der Waals surface area contributed by atoms with Crippen LogP contribution in [0.3, 0.4) is 0 Å². The second-order valence-corrected chi connectivity index (χ2v) is 5.42. The number of nitrogens with one attached hydrogen (secondary N) is 1. The number of rotatable bonds is 5. The van der Waals surface area contributed by atoms with Crippen LogP contribution in [0.4, 0.5) is 0 Å². The third-order valence-electron chi connectivity index (χ3n) is 3.26. The minimum Gasteiger partial charge on any atom is -0.302 e. The van der Waals surface area contributed by atoms with Crippen molar-refractivity contribution >= 4 is 11.3 Å². The Labute approximate surface area is 123 Å². The molecule has 3 heteroatoms. The van der Waals surface area contributed by atoms with Crippen molar-refractivity contribution in [2.45, 2.75) is 12.6 Å². The van der Waals surface area contributed by atoms with Gasteiger partial charge in [0.25, 0.3) is 0 Å². The van der Waals surface area contributed by atoms with Crippen molar-refractivity contribution in [3.8, 4) is 0 Å². The molecule has 1 aromatic carbocycles. The Balaban J connectivity index is 1.84. The van der Waals surface area contributed by atoms with Crippen molar-refractivity contribution in [2.24, 2.45) is 0 Å². The third-order valence-corrected chi connectivity index (χ3v) is 3.99. The van der Waals surface area contributed by atoms with Crippen LogP contribution >= 0.6 is 11.3 Å². The molecule has 1 atom stereocenters. The number of benzene rings is 1. The predicted molar refractivity (Wildman–Crippen MR) is 83.7 cm³/mol. The van der Waals surface area contributed by atoms with E-state index in [2.05, 4.69) is 63.5 Å². The van der Waals surface area contributed by atoms with Gasteiger partial charge in [-0.25, -0.2) is 0 Å². The van der Waals surface area contributed by atoms with Gasteiger partial charge in [0.1, 0.15) is 0 Å². The molecule has 0 saturated heterocycles. The lowest BCUT2D eigenvalue weighted by molar-refractivity contribution is 0.605. The lowest BCUT2D eigenvalue weighted by atomic mass is 9.99. The fraction of sp³-hybridized carbons (Fsp3) is 0.118. The molecule has 0 aliphatic rings. The van der Waals surface area contributed by atoms with E-state index in [-0.39, 0.29) is 6.04 Å². The molecule has 0 saturated carbocycles. The van der Waals surface area contributed by atoms with Gasteiger partial charge in [-0.3, -0.25) is 4.98 Å². The molecule has 0 unspecified atom stereocenters. The van der Waals surface area contributed by atoms with E-state index < -0.39 is 0 Å².